The number of esters is 2. The predicted molar refractivity (Wildman–Crippen MR) is 219 cm³/mol. The highest BCUT2D eigenvalue weighted by molar-refractivity contribution is 7.03. The van der Waals surface area contributed by atoms with Gasteiger partial charge in [-0.1, -0.05) is 84.5 Å². The van der Waals surface area contributed by atoms with Crippen LogP contribution in [0.25, 0.3) is 0 Å². The van der Waals surface area contributed by atoms with E-state index in [1.807, 2.05) is 20.8 Å². The molecule has 2 spiro atoms. The molecule has 10 heteroatoms. The Bertz CT molecular complexity index is 1860. The smallest absolute Gasteiger partial charge is 0.340 e. The Kier molecular flexibility index (Phi) is 9.41. The summed E-state index contributed by atoms with van der Waals surface area (Å²) in [4.78, 5) is 27.7. The predicted octanol–water partition coefficient (Wildman–Crippen LogP) is 10.6. The van der Waals surface area contributed by atoms with Crippen LogP contribution in [0.1, 0.15) is 119 Å². The van der Waals surface area contributed by atoms with Crippen LogP contribution in [0, 0.1) is 0 Å². The summed E-state index contributed by atoms with van der Waals surface area (Å²) in [5, 5.41) is 2.69. The molecule has 1 saturated heterocycles. The van der Waals surface area contributed by atoms with Gasteiger partial charge in [-0.3, -0.25) is 0 Å². The number of hydrogen-bond acceptors (Lipinski definition) is 6. The summed E-state index contributed by atoms with van der Waals surface area (Å²) in [6.07, 6.45) is 3.46. The lowest BCUT2D eigenvalue weighted by molar-refractivity contribution is 0.00694. The second kappa shape index (κ2) is 12.6. The third-order valence-corrected chi connectivity index (χ3v) is 26.7. The fraction of sp³-hybridized carbons (Fsp3) is 0.524. The summed E-state index contributed by atoms with van der Waals surface area (Å²) in [6.45, 7) is 28.1. The Morgan fingerprint density at radius 1 is 0.731 bits per heavy atom. The lowest BCUT2D eigenvalue weighted by Crippen LogP contribution is -2.67. The molecule has 0 amide bonds. The van der Waals surface area contributed by atoms with Crippen molar-refractivity contribution in [3.63, 3.8) is 0 Å². The van der Waals surface area contributed by atoms with Gasteiger partial charge in [0, 0.05) is 16.7 Å². The van der Waals surface area contributed by atoms with Crippen LogP contribution in [0.4, 0.5) is 0 Å². The van der Waals surface area contributed by atoms with Crippen molar-refractivity contribution < 1.29 is 27.9 Å². The van der Waals surface area contributed by atoms with Crippen LogP contribution in [-0.4, -0.2) is 42.2 Å². The van der Waals surface area contributed by atoms with Gasteiger partial charge in [0.05, 0.1) is 16.1 Å². The zero-order valence-corrected chi connectivity index (χ0v) is 37.2. The van der Waals surface area contributed by atoms with E-state index < -0.39 is 47.8 Å². The lowest BCUT2D eigenvalue weighted by Gasteiger charge is -2.48. The monoisotopic (exact) mass is 776 g/mol. The number of halogens is 1. The van der Waals surface area contributed by atoms with E-state index in [1.54, 1.807) is 12.1 Å². The maximum atomic E-state index is 14.1. The Balaban J connectivity index is 1.67. The summed E-state index contributed by atoms with van der Waals surface area (Å²) < 4.78 is 26.5. The van der Waals surface area contributed by atoms with Crippen molar-refractivity contribution in [2.75, 3.05) is 0 Å². The van der Waals surface area contributed by atoms with Gasteiger partial charge in [-0.05, 0) is 116 Å². The number of fused-ring (bicyclic) bond motifs is 8. The van der Waals surface area contributed by atoms with E-state index in [9.17, 15) is 9.59 Å². The number of benzene rings is 3. The topological polar surface area (TPSA) is 71.1 Å². The highest BCUT2D eigenvalue weighted by atomic mass is 35.5. The molecule has 280 valence electrons. The molecule has 3 aromatic carbocycles. The summed E-state index contributed by atoms with van der Waals surface area (Å²) in [5.74, 6) is 0.727. The van der Waals surface area contributed by atoms with Crippen molar-refractivity contribution in [3.8, 4) is 11.5 Å². The van der Waals surface area contributed by atoms with Gasteiger partial charge >= 0.3 is 11.9 Å². The van der Waals surface area contributed by atoms with E-state index in [-0.39, 0.29) is 20.7 Å². The van der Waals surface area contributed by atoms with Crippen LogP contribution < -0.4 is 19.2 Å². The van der Waals surface area contributed by atoms with Crippen molar-refractivity contribution >= 4 is 58.6 Å². The van der Waals surface area contributed by atoms with Crippen molar-refractivity contribution in [3.05, 3.63) is 81.4 Å². The van der Waals surface area contributed by atoms with Gasteiger partial charge in [-0.25, -0.2) is 9.59 Å². The first-order valence-corrected chi connectivity index (χ1v) is 27.4. The van der Waals surface area contributed by atoms with Gasteiger partial charge in [-0.2, -0.15) is 0 Å². The highest BCUT2D eigenvalue weighted by Crippen LogP contribution is 2.52. The van der Waals surface area contributed by atoms with Gasteiger partial charge in [0.1, 0.15) is 25.2 Å². The Labute approximate surface area is 319 Å². The Morgan fingerprint density at radius 3 is 1.65 bits per heavy atom. The van der Waals surface area contributed by atoms with E-state index in [1.165, 1.54) is 16.8 Å². The number of rotatable bonds is 5. The van der Waals surface area contributed by atoms with Gasteiger partial charge in [0.15, 0.2) is 5.60 Å². The van der Waals surface area contributed by atoms with Gasteiger partial charge in [-0.15, -0.1) is 0 Å². The quantitative estimate of drug-likeness (QED) is 0.190. The number of carbonyl (C=O) groups excluding carboxylic acids is 2. The molecule has 3 aromatic rings. The molecule has 0 aromatic heterocycles. The van der Waals surface area contributed by atoms with Crippen LogP contribution in [0.5, 0.6) is 11.5 Å². The third-order valence-electron chi connectivity index (χ3n) is 12.4. The van der Waals surface area contributed by atoms with Crippen molar-refractivity contribution in [1.82, 2.24) is 0 Å². The average Bonchev–Trinajstić information content (AvgIpc) is 3.29. The summed E-state index contributed by atoms with van der Waals surface area (Å²) in [5.41, 5.74) is 1.08. The normalized spacial score (nSPS) is 18.0. The Hall–Kier alpha value is -2.86. The molecule has 3 aliphatic heterocycles. The maximum absolute atomic E-state index is 14.1. The number of ether oxygens (including phenoxy) is 2. The van der Waals surface area contributed by atoms with Crippen LogP contribution in [0.3, 0.4) is 0 Å². The van der Waals surface area contributed by atoms with E-state index in [4.69, 9.17) is 29.9 Å². The zero-order valence-electron chi connectivity index (χ0n) is 33.5. The van der Waals surface area contributed by atoms with Gasteiger partial charge in [0.2, 0.25) is 16.6 Å². The fourth-order valence-corrected chi connectivity index (χ4v) is 15.6. The van der Waals surface area contributed by atoms with Crippen LogP contribution in [0.15, 0.2) is 48.5 Å². The molecule has 1 fully saturated rings. The van der Waals surface area contributed by atoms with Crippen molar-refractivity contribution in [1.29, 1.82) is 0 Å². The summed E-state index contributed by atoms with van der Waals surface area (Å²) in [6, 6.07) is 18.4. The van der Waals surface area contributed by atoms with E-state index in [2.05, 4.69) is 104 Å². The molecule has 0 radical (unpaired) electrons. The van der Waals surface area contributed by atoms with Crippen molar-refractivity contribution in [2.24, 2.45) is 0 Å². The molecule has 52 heavy (non-hydrogen) atoms. The highest BCUT2D eigenvalue weighted by Gasteiger charge is 2.59. The van der Waals surface area contributed by atoms with Crippen LogP contribution in [0.2, 0.25) is 53.4 Å². The van der Waals surface area contributed by atoms with Gasteiger partial charge < -0.3 is 18.3 Å². The number of carbonyl (C=O) groups is 2. The first kappa shape index (κ1) is 38.9. The SMILES string of the molecule is CC(C)(C)OC(=O)c1cc2c(cc1Cl)C(=O)OC21c2ccc(O[Si](C)(C)C(C)(C)C)cc2[Si]2(CCCCC2)c2cc(O[Si](C)(C)C(C)(C)C)ccc21. The molecule has 3 heterocycles. The van der Waals surface area contributed by atoms with E-state index >= 15 is 0 Å². The molecule has 0 aliphatic carbocycles. The number of hydrogen-bond donors (Lipinski definition) is 0. The minimum Gasteiger partial charge on any atom is -0.544 e. The first-order valence-electron chi connectivity index (χ1n) is 18.8. The molecular weight excluding hydrogens is 720 g/mol. The molecule has 3 aliphatic rings. The second-order valence-electron chi connectivity index (χ2n) is 19.2. The summed E-state index contributed by atoms with van der Waals surface area (Å²) in [7, 11) is -6.84. The maximum Gasteiger partial charge on any atom is 0.340 e. The molecule has 6 nitrogen and oxygen atoms in total. The fourth-order valence-electron chi connectivity index (χ4n) is 7.63. The molecule has 0 N–H and O–H groups in total. The standard InChI is InChI=1S/C42H57ClO6Si3/c1-39(2,3)46-38(45)30-25-33-29(26-34(30)43)37(44)47-42(33)31-19-17-27(48-50(10,11)40(4,5)6)23-35(31)52(21-15-14-16-22-52)36-24-28(18-20-32(36)42)49-51(12,13)41(7,8)9/h17-20,23-26H,14-16,21-22H2,1-13H3. The minimum absolute atomic E-state index is 0.0178. The second-order valence-corrected chi connectivity index (χ2v) is 33.3. The molecule has 0 unspecified atom stereocenters. The molecule has 0 saturated carbocycles. The zero-order chi connectivity index (χ0) is 38.4. The first-order chi connectivity index (χ1) is 23.8. The van der Waals surface area contributed by atoms with Crippen LogP contribution in [-0.2, 0) is 15.1 Å². The van der Waals surface area contributed by atoms with Gasteiger partial charge in [0.25, 0.3) is 0 Å². The molecule has 6 rings (SSSR count). The third kappa shape index (κ3) is 6.41. The summed E-state index contributed by atoms with van der Waals surface area (Å²) >= 11 is 6.75. The van der Waals surface area contributed by atoms with E-state index in [0.717, 1.165) is 47.6 Å². The Morgan fingerprint density at radius 2 is 1.21 bits per heavy atom. The van der Waals surface area contributed by atoms with E-state index in [0.29, 0.717) is 11.1 Å². The molecular formula is C42H57ClO6Si3. The lowest BCUT2D eigenvalue weighted by atomic mass is 9.78. The molecule has 0 atom stereocenters. The van der Waals surface area contributed by atoms with Crippen molar-refractivity contribution in [2.45, 2.75) is 141 Å². The van der Waals surface area contributed by atoms with Crippen LogP contribution >= 0.6 is 11.6 Å². The minimum atomic E-state index is -2.47. The average molecular weight is 778 g/mol. The largest absolute Gasteiger partial charge is 0.544 e. The molecule has 0 bridgehead atoms.